The lowest BCUT2D eigenvalue weighted by Gasteiger charge is -2.12. The number of hydrogen-bond acceptors (Lipinski definition) is 5. The minimum atomic E-state index is 0.701. The van der Waals surface area contributed by atoms with Crippen molar-refractivity contribution in [1.82, 2.24) is 15.0 Å². The van der Waals surface area contributed by atoms with Crippen LogP contribution in [0, 0.1) is 0 Å². The highest BCUT2D eigenvalue weighted by atomic mass is 32.1. The second-order valence-electron chi connectivity index (χ2n) is 13.6. The Morgan fingerprint density at radius 1 is 0.352 bits per heavy atom. The summed E-state index contributed by atoms with van der Waals surface area (Å²) >= 11 is 3.61. The van der Waals surface area contributed by atoms with Gasteiger partial charge >= 0.3 is 0 Å². The van der Waals surface area contributed by atoms with Crippen LogP contribution >= 0.6 is 22.7 Å². The summed E-state index contributed by atoms with van der Waals surface area (Å²) in [4.78, 5) is 16.6. The van der Waals surface area contributed by atoms with Crippen LogP contribution in [0.3, 0.4) is 0 Å². The molecule has 0 atom stereocenters. The zero-order valence-electron chi connectivity index (χ0n) is 28.9. The molecule has 11 rings (SSSR count). The van der Waals surface area contributed by atoms with Crippen LogP contribution in [0.4, 0.5) is 0 Å². The molecule has 0 N–H and O–H groups in total. The van der Waals surface area contributed by atoms with Crippen molar-refractivity contribution >= 4 is 73.9 Å². The van der Waals surface area contributed by atoms with Crippen molar-refractivity contribution < 1.29 is 0 Å². The van der Waals surface area contributed by atoms with Crippen LogP contribution in [-0.2, 0) is 0 Å². The van der Waals surface area contributed by atoms with Gasteiger partial charge in [-0.3, -0.25) is 0 Å². The lowest BCUT2D eigenvalue weighted by Crippen LogP contribution is -1.96. The van der Waals surface area contributed by atoms with Crippen molar-refractivity contribution in [2.45, 2.75) is 0 Å². The Morgan fingerprint density at radius 3 is 1.76 bits per heavy atom. The first-order valence-corrected chi connectivity index (χ1v) is 19.6. The molecule has 54 heavy (non-hydrogen) atoms. The molecule has 0 saturated heterocycles. The Kier molecular flexibility index (Phi) is 7.22. The summed E-state index contributed by atoms with van der Waals surface area (Å²) in [5.41, 5.74) is 9.30. The zero-order chi connectivity index (χ0) is 35.6. The molecule has 3 nitrogen and oxygen atoms in total. The number of rotatable bonds is 5. The second-order valence-corrected chi connectivity index (χ2v) is 15.6. The number of benzene rings is 7. The molecule has 0 fully saturated rings. The summed E-state index contributed by atoms with van der Waals surface area (Å²) in [5.74, 6) is 0.701. The summed E-state index contributed by atoms with van der Waals surface area (Å²) in [6.45, 7) is 0. The standard InChI is InChI=1S/C49H29N3S2/c1-2-12-32(13-3-1)48-50-41(29-42(51-48)34-15-10-14-33(28-34)35-20-11-21-39-36-16-6-8-22-43(36)53-47(35)39)30-24-26-31(27-25-30)46-38-18-5-4-17-37(38)45-40-19-7-9-23-44(40)54-49(45)52-46/h1-29H. The van der Waals surface area contributed by atoms with Gasteiger partial charge in [0.1, 0.15) is 4.83 Å². The molecule has 0 saturated carbocycles. The molecular weight excluding hydrogens is 695 g/mol. The van der Waals surface area contributed by atoms with E-state index in [4.69, 9.17) is 15.0 Å². The van der Waals surface area contributed by atoms with Crippen LogP contribution in [-0.4, -0.2) is 15.0 Å². The fourth-order valence-electron chi connectivity index (χ4n) is 7.74. The molecule has 0 spiro atoms. The molecule has 0 amide bonds. The summed E-state index contributed by atoms with van der Waals surface area (Å²) in [5, 5.41) is 7.49. The average Bonchev–Trinajstić information content (AvgIpc) is 3.82. The van der Waals surface area contributed by atoms with E-state index in [0.717, 1.165) is 49.6 Å². The van der Waals surface area contributed by atoms with Gasteiger partial charge in [0.25, 0.3) is 0 Å². The normalized spacial score (nSPS) is 11.7. The van der Waals surface area contributed by atoms with Crippen LogP contribution in [0.15, 0.2) is 176 Å². The summed E-state index contributed by atoms with van der Waals surface area (Å²) in [6, 6.07) is 62.4. The number of fused-ring (bicyclic) bond motifs is 8. The average molecular weight is 724 g/mol. The van der Waals surface area contributed by atoms with Gasteiger partial charge in [-0.2, -0.15) is 0 Å². The van der Waals surface area contributed by atoms with Gasteiger partial charge < -0.3 is 0 Å². The van der Waals surface area contributed by atoms with Gasteiger partial charge in [-0.05, 0) is 40.8 Å². The molecule has 252 valence electrons. The van der Waals surface area contributed by atoms with Crippen molar-refractivity contribution in [3.8, 4) is 56.3 Å². The predicted octanol–water partition coefficient (Wildman–Crippen LogP) is 14.1. The topological polar surface area (TPSA) is 38.7 Å². The van der Waals surface area contributed by atoms with E-state index in [1.54, 1.807) is 11.3 Å². The van der Waals surface area contributed by atoms with Gasteiger partial charge in [0.2, 0.25) is 0 Å². The Bertz CT molecular complexity index is 3210. The number of hydrogen-bond donors (Lipinski definition) is 0. The third kappa shape index (κ3) is 5.12. The van der Waals surface area contributed by atoms with Crippen molar-refractivity contribution in [2.24, 2.45) is 0 Å². The lowest BCUT2D eigenvalue weighted by atomic mass is 9.98. The molecule has 4 aromatic heterocycles. The fraction of sp³-hybridized carbons (Fsp3) is 0. The van der Waals surface area contributed by atoms with Crippen molar-refractivity contribution in [2.75, 3.05) is 0 Å². The van der Waals surface area contributed by atoms with Crippen LogP contribution in [0.2, 0.25) is 0 Å². The minimum Gasteiger partial charge on any atom is -0.236 e. The Balaban J connectivity index is 1.03. The molecule has 0 aliphatic heterocycles. The van der Waals surface area contributed by atoms with E-state index >= 15 is 0 Å². The van der Waals surface area contributed by atoms with Gasteiger partial charge in [-0.25, -0.2) is 15.0 Å². The molecule has 0 unspecified atom stereocenters. The first-order valence-electron chi connectivity index (χ1n) is 18.0. The smallest absolute Gasteiger partial charge is 0.160 e. The van der Waals surface area contributed by atoms with Gasteiger partial charge in [0.05, 0.1) is 17.1 Å². The predicted molar refractivity (Wildman–Crippen MR) is 230 cm³/mol. The van der Waals surface area contributed by atoms with Gasteiger partial charge in [-0.1, -0.05) is 152 Å². The first kappa shape index (κ1) is 31.0. The Hall–Kier alpha value is -6.53. The summed E-state index contributed by atoms with van der Waals surface area (Å²) in [7, 11) is 0. The lowest BCUT2D eigenvalue weighted by molar-refractivity contribution is 1.18. The van der Waals surface area contributed by atoms with Gasteiger partial charge in [0.15, 0.2) is 5.82 Å². The molecule has 0 bridgehead atoms. The first-order chi connectivity index (χ1) is 26.7. The zero-order valence-corrected chi connectivity index (χ0v) is 30.5. The molecule has 11 aromatic rings. The molecule has 0 aliphatic rings. The molecular formula is C49H29N3S2. The molecule has 7 aromatic carbocycles. The maximum Gasteiger partial charge on any atom is 0.160 e. The van der Waals surface area contributed by atoms with E-state index < -0.39 is 0 Å². The van der Waals surface area contributed by atoms with E-state index in [2.05, 4.69) is 158 Å². The molecule has 0 radical (unpaired) electrons. The monoisotopic (exact) mass is 723 g/mol. The summed E-state index contributed by atoms with van der Waals surface area (Å²) < 4.78 is 3.87. The van der Waals surface area contributed by atoms with E-state index in [9.17, 15) is 0 Å². The Morgan fingerprint density at radius 2 is 0.944 bits per heavy atom. The highest BCUT2D eigenvalue weighted by Crippen LogP contribution is 2.42. The van der Waals surface area contributed by atoms with Crippen LogP contribution in [0.1, 0.15) is 0 Å². The number of pyridine rings is 1. The third-order valence-electron chi connectivity index (χ3n) is 10.3. The minimum absolute atomic E-state index is 0.701. The quantitative estimate of drug-likeness (QED) is 0.177. The van der Waals surface area contributed by atoms with Gasteiger partial charge in [0, 0.05) is 63.3 Å². The van der Waals surface area contributed by atoms with Crippen molar-refractivity contribution in [3.05, 3.63) is 176 Å². The van der Waals surface area contributed by atoms with Crippen molar-refractivity contribution in [1.29, 1.82) is 0 Å². The molecule has 4 heterocycles. The van der Waals surface area contributed by atoms with Crippen molar-refractivity contribution in [3.63, 3.8) is 0 Å². The SMILES string of the molecule is c1ccc(-c2nc(-c3ccc(-c4nc5sc6ccccc6c5c5ccccc45)cc3)cc(-c3cccc(-c4cccc5c4sc4ccccc45)c3)n2)cc1. The van der Waals surface area contributed by atoms with Crippen LogP contribution in [0.25, 0.3) is 108 Å². The van der Waals surface area contributed by atoms with E-state index in [1.165, 1.54) is 52.2 Å². The van der Waals surface area contributed by atoms with Gasteiger partial charge in [-0.15, -0.1) is 22.7 Å². The molecule has 0 aliphatic carbocycles. The summed E-state index contributed by atoms with van der Waals surface area (Å²) in [6.07, 6.45) is 0. The van der Waals surface area contributed by atoms with E-state index in [1.807, 2.05) is 29.5 Å². The number of thiophene rings is 2. The van der Waals surface area contributed by atoms with Crippen LogP contribution < -0.4 is 0 Å². The largest absolute Gasteiger partial charge is 0.236 e. The molecule has 5 heteroatoms. The highest BCUT2D eigenvalue weighted by Gasteiger charge is 2.17. The highest BCUT2D eigenvalue weighted by molar-refractivity contribution is 7.26. The van der Waals surface area contributed by atoms with E-state index in [0.29, 0.717) is 5.82 Å². The van der Waals surface area contributed by atoms with E-state index in [-0.39, 0.29) is 0 Å². The number of nitrogens with zero attached hydrogens (tertiary/aromatic N) is 3. The Labute approximate surface area is 319 Å². The maximum atomic E-state index is 5.28. The third-order valence-corrected chi connectivity index (χ3v) is 12.6. The second kappa shape index (κ2) is 12.6. The van der Waals surface area contributed by atoms with Crippen LogP contribution in [0.5, 0.6) is 0 Å². The number of aromatic nitrogens is 3. The maximum absolute atomic E-state index is 5.28. The fourth-order valence-corrected chi connectivity index (χ4v) is 10.1.